The van der Waals surface area contributed by atoms with Crippen molar-refractivity contribution in [2.24, 2.45) is 5.10 Å². The molecule has 0 bridgehead atoms. The predicted molar refractivity (Wildman–Crippen MR) is 145 cm³/mol. The maximum Gasteiger partial charge on any atom is 0.282 e. The molecule has 6 nitrogen and oxygen atoms in total. The molecule has 0 saturated carbocycles. The Balaban J connectivity index is 1.72. The lowest BCUT2D eigenvalue weighted by Gasteiger charge is -2.15. The molecule has 0 spiro atoms. The molecule has 4 aromatic rings. The quantitative estimate of drug-likeness (QED) is 0.209. The van der Waals surface area contributed by atoms with Crippen LogP contribution in [0.25, 0.3) is 10.9 Å². The highest BCUT2D eigenvalue weighted by Crippen LogP contribution is 2.42. The highest BCUT2D eigenvalue weighted by atomic mass is 79.9. The minimum atomic E-state index is -0.232. The van der Waals surface area contributed by atoms with E-state index < -0.39 is 0 Å². The van der Waals surface area contributed by atoms with E-state index in [0.717, 1.165) is 14.5 Å². The van der Waals surface area contributed by atoms with E-state index in [-0.39, 0.29) is 5.56 Å². The van der Waals surface area contributed by atoms with Crippen LogP contribution in [0, 0.1) is 0 Å². The highest BCUT2D eigenvalue weighted by molar-refractivity contribution is 9.13. The monoisotopic (exact) mass is 647 g/mol. The first-order chi connectivity index (χ1) is 16.4. The minimum Gasteiger partial charge on any atom is -0.493 e. The van der Waals surface area contributed by atoms with Gasteiger partial charge in [0.1, 0.15) is 12.4 Å². The highest BCUT2D eigenvalue weighted by Gasteiger charge is 2.17. The van der Waals surface area contributed by atoms with Crippen molar-refractivity contribution in [3.8, 4) is 11.5 Å². The van der Waals surface area contributed by atoms with Gasteiger partial charge in [-0.15, -0.1) is 0 Å². The van der Waals surface area contributed by atoms with Gasteiger partial charge < -0.3 is 9.47 Å². The van der Waals surface area contributed by atoms with Gasteiger partial charge in [-0.2, -0.15) is 9.78 Å². The first-order valence-corrected chi connectivity index (χ1v) is 12.8. The van der Waals surface area contributed by atoms with Gasteiger partial charge in [-0.3, -0.25) is 4.79 Å². The second kappa shape index (κ2) is 10.8. The lowest BCUT2D eigenvalue weighted by Crippen LogP contribution is -2.22. The van der Waals surface area contributed by atoms with Gasteiger partial charge in [0.15, 0.2) is 11.5 Å². The molecule has 9 heteroatoms. The van der Waals surface area contributed by atoms with Gasteiger partial charge in [0, 0.05) is 20.9 Å². The first kappa shape index (κ1) is 24.6. The molecule has 0 N–H and O–H groups in total. The van der Waals surface area contributed by atoms with Crippen LogP contribution in [0.5, 0.6) is 11.5 Å². The van der Waals surface area contributed by atoms with Crippen LogP contribution in [0.2, 0.25) is 0 Å². The number of hydrogen-bond acceptors (Lipinski definition) is 5. The molecule has 0 aliphatic heterocycles. The van der Waals surface area contributed by atoms with Crippen LogP contribution in [-0.4, -0.2) is 23.0 Å². The minimum absolute atomic E-state index is 0.232. The van der Waals surface area contributed by atoms with Gasteiger partial charge in [0.2, 0.25) is 0 Å². The van der Waals surface area contributed by atoms with Crippen LogP contribution >= 0.6 is 47.8 Å². The summed E-state index contributed by atoms with van der Waals surface area (Å²) in [5, 5.41) is 4.97. The molecule has 1 heterocycles. The number of fused-ring (bicyclic) bond motifs is 1. The fraction of sp³-hybridized carbons (Fsp3) is 0.160. The Morgan fingerprint density at radius 2 is 1.82 bits per heavy atom. The molecular weight excluding hydrogens is 630 g/mol. The normalized spacial score (nSPS) is 11.3. The summed E-state index contributed by atoms with van der Waals surface area (Å²) >= 11 is 10.6. The van der Waals surface area contributed by atoms with Gasteiger partial charge in [0.25, 0.3) is 5.56 Å². The smallest absolute Gasteiger partial charge is 0.282 e. The van der Waals surface area contributed by atoms with E-state index in [9.17, 15) is 4.79 Å². The lowest BCUT2D eigenvalue weighted by molar-refractivity contribution is 0.282. The van der Waals surface area contributed by atoms with Gasteiger partial charge in [-0.25, -0.2) is 4.98 Å². The van der Waals surface area contributed by atoms with Crippen molar-refractivity contribution in [3.05, 3.63) is 95.3 Å². The number of halogens is 3. The van der Waals surface area contributed by atoms with Crippen LogP contribution in [0.4, 0.5) is 0 Å². The fourth-order valence-electron chi connectivity index (χ4n) is 3.38. The molecular formula is C25H20Br3N3O3. The summed E-state index contributed by atoms with van der Waals surface area (Å²) in [6.07, 6.45) is 2.16. The molecule has 0 fully saturated rings. The standard InChI is InChI=1S/C25H20Br3N3O3/c1-3-21-30-19-10-9-17(26)12-18(19)25(32)31(21)29-13-16-11-20(33-2)24(23(28)22(16)27)34-14-15-7-5-4-6-8-15/h4-13H,3,14H2,1-2H3. The molecule has 1 aromatic heterocycles. The zero-order valence-corrected chi connectivity index (χ0v) is 23.1. The maximum absolute atomic E-state index is 13.2. The largest absolute Gasteiger partial charge is 0.493 e. The van der Waals surface area contributed by atoms with Crippen molar-refractivity contribution in [2.45, 2.75) is 20.0 Å². The number of ether oxygens (including phenoxy) is 2. The van der Waals surface area contributed by atoms with Crippen molar-refractivity contribution in [3.63, 3.8) is 0 Å². The number of nitrogens with zero attached hydrogens (tertiary/aromatic N) is 3. The number of hydrogen-bond donors (Lipinski definition) is 0. The summed E-state index contributed by atoms with van der Waals surface area (Å²) in [5.74, 6) is 1.68. The van der Waals surface area contributed by atoms with Crippen molar-refractivity contribution in [1.82, 2.24) is 9.66 Å². The Morgan fingerprint density at radius 1 is 1.06 bits per heavy atom. The van der Waals surface area contributed by atoms with E-state index in [1.54, 1.807) is 25.5 Å². The van der Waals surface area contributed by atoms with E-state index in [4.69, 9.17) is 9.47 Å². The number of benzene rings is 3. The third-order valence-electron chi connectivity index (χ3n) is 5.11. The molecule has 0 atom stereocenters. The molecule has 0 amide bonds. The van der Waals surface area contributed by atoms with E-state index in [2.05, 4.69) is 57.9 Å². The Kier molecular flexibility index (Phi) is 7.85. The SMILES string of the molecule is CCc1nc2ccc(Br)cc2c(=O)n1N=Cc1cc(OC)c(OCc2ccccc2)c(Br)c1Br. The summed E-state index contributed by atoms with van der Waals surface area (Å²) in [5.41, 5.74) is 2.16. The van der Waals surface area contributed by atoms with Crippen molar-refractivity contribution in [1.29, 1.82) is 0 Å². The average molecular weight is 650 g/mol. The van der Waals surface area contributed by atoms with E-state index in [0.29, 0.717) is 51.3 Å². The van der Waals surface area contributed by atoms with Gasteiger partial charge in [-0.05, 0) is 61.7 Å². The Labute approximate surface area is 222 Å². The fourth-order valence-corrected chi connectivity index (χ4v) is 4.67. The molecule has 0 unspecified atom stereocenters. The van der Waals surface area contributed by atoms with Crippen molar-refractivity contribution >= 4 is 64.9 Å². The maximum atomic E-state index is 13.2. The molecule has 0 radical (unpaired) electrons. The molecule has 174 valence electrons. The van der Waals surface area contributed by atoms with E-state index in [1.165, 1.54) is 4.68 Å². The average Bonchev–Trinajstić information content (AvgIpc) is 2.85. The second-order valence-electron chi connectivity index (χ2n) is 7.30. The lowest BCUT2D eigenvalue weighted by atomic mass is 10.2. The first-order valence-electron chi connectivity index (χ1n) is 10.4. The van der Waals surface area contributed by atoms with Gasteiger partial charge >= 0.3 is 0 Å². The second-order valence-corrected chi connectivity index (χ2v) is 9.81. The van der Waals surface area contributed by atoms with Crippen LogP contribution in [0.15, 0.2) is 77.9 Å². The topological polar surface area (TPSA) is 65.7 Å². The summed E-state index contributed by atoms with van der Waals surface area (Å²) in [4.78, 5) is 17.8. The summed E-state index contributed by atoms with van der Waals surface area (Å²) < 4.78 is 15.2. The van der Waals surface area contributed by atoms with Gasteiger partial charge in [-0.1, -0.05) is 53.2 Å². The van der Waals surface area contributed by atoms with E-state index >= 15 is 0 Å². The molecule has 0 aliphatic rings. The molecule has 0 aliphatic carbocycles. The van der Waals surface area contributed by atoms with Crippen LogP contribution < -0.4 is 15.0 Å². The summed E-state index contributed by atoms with van der Waals surface area (Å²) in [6.45, 7) is 2.33. The number of aromatic nitrogens is 2. The molecule has 4 rings (SSSR count). The number of methoxy groups -OCH3 is 1. The van der Waals surface area contributed by atoms with Crippen molar-refractivity contribution in [2.75, 3.05) is 7.11 Å². The van der Waals surface area contributed by atoms with Gasteiger partial charge in [0.05, 0.1) is 28.7 Å². The molecule has 34 heavy (non-hydrogen) atoms. The third-order valence-corrected chi connectivity index (χ3v) is 7.74. The van der Waals surface area contributed by atoms with Crippen molar-refractivity contribution < 1.29 is 9.47 Å². The van der Waals surface area contributed by atoms with Crippen LogP contribution in [-0.2, 0) is 13.0 Å². The zero-order chi connectivity index (χ0) is 24.2. The number of aryl methyl sites for hydroxylation is 1. The summed E-state index contributed by atoms with van der Waals surface area (Å²) in [6, 6.07) is 17.1. The summed E-state index contributed by atoms with van der Waals surface area (Å²) in [7, 11) is 1.58. The Hall–Kier alpha value is -2.49. The molecule has 0 saturated heterocycles. The Morgan fingerprint density at radius 3 is 2.53 bits per heavy atom. The third kappa shape index (κ3) is 5.11. The zero-order valence-electron chi connectivity index (χ0n) is 18.4. The van der Waals surface area contributed by atoms with E-state index in [1.807, 2.05) is 49.4 Å². The van der Waals surface area contributed by atoms with Crippen LogP contribution in [0.1, 0.15) is 23.9 Å². The number of rotatable bonds is 7. The van der Waals surface area contributed by atoms with Crippen LogP contribution in [0.3, 0.4) is 0 Å². The Bertz CT molecular complexity index is 1440. The predicted octanol–water partition coefficient (Wildman–Crippen LogP) is 6.72. The molecule has 3 aromatic carbocycles.